The van der Waals surface area contributed by atoms with Gasteiger partial charge in [0, 0.05) is 45.1 Å². The van der Waals surface area contributed by atoms with Gasteiger partial charge < -0.3 is 10.1 Å². The number of aliphatic imine (C=N–C) groups is 1. The van der Waals surface area contributed by atoms with Crippen LogP contribution in [0.3, 0.4) is 0 Å². The first-order valence-corrected chi connectivity index (χ1v) is 7.37. The minimum absolute atomic E-state index is 0. The first-order chi connectivity index (χ1) is 11.3. The minimum atomic E-state index is 0. The van der Waals surface area contributed by atoms with E-state index in [2.05, 4.69) is 22.1 Å². The summed E-state index contributed by atoms with van der Waals surface area (Å²) in [4.78, 5) is 8.06. The van der Waals surface area contributed by atoms with Crippen molar-refractivity contribution in [2.75, 3.05) is 7.05 Å². The molecule has 1 aliphatic carbocycles. The van der Waals surface area contributed by atoms with Crippen molar-refractivity contribution in [3.05, 3.63) is 90.3 Å². The Balaban J connectivity index is 0.000000238. The van der Waals surface area contributed by atoms with Gasteiger partial charge in [-0.2, -0.15) is 18.2 Å². The van der Waals surface area contributed by atoms with Gasteiger partial charge in [0.2, 0.25) is 0 Å². The normalized spacial score (nSPS) is 12.6. The van der Waals surface area contributed by atoms with Gasteiger partial charge in [-0.1, -0.05) is 30.3 Å². The Bertz CT molecular complexity index is 734. The third-order valence-electron chi connectivity index (χ3n) is 3.10. The maximum atomic E-state index is 9.15. The Labute approximate surface area is 156 Å². The second-order valence-corrected chi connectivity index (χ2v) is 4.78. The molecule has 0 atom stereocenters. The van der Waals surface area contributed by atoms with E-state index in [9.17, 15) is 0 Å². The molecule has 1 aromatic carbocycles. The number of phenols is 1. The monoisotopic (exact) mass is 496 g/mol. The van der Waals surface area contributed by atoms with E-state index in [1.54, 1.807) is 25.4 Å². The van der Waals surface area contributed by atoms with Crippen LogP contribution in [0.4, 0.5) is 0 Å². The number of rotatable bonds is 2. The molecule has 0 amide bonds. The average molecular weight is 496 g/mol. The number of phenolic OH excluding ortho intramolecular Hbond substituents is 1. The third-order valence-corrected chi connectivity index (χ3v) is 3.10. The maximum absolute atomic E-state index is 9.15. The Kier molecular flexibility index (Phi) is 9.28. The van der Waals surface area contributed by atoms with E-state index in [0.717, 1.165) is 23.3 Å². The smallest absolute Gasteiger partial charge is 0.124 e. The van der Waals surface area contributed by atoms with E-state index < -0.39 is 0 Å². The van der Waals surface area contributed by atoms with Gasteiger partial charge >= 0.3 is 0 Å². The van der Waals surface area contributed by atoms with E-state index in [1.165, 1.54) is 0 Å². The molecule has 0 bridgehead atoms. The van der Waals surface area contributed by atoms with Gasteiger partial charge in [0.1, 0.15) is 5.75 Å². The van der Waals surface area contributed by atoms with Crippen molar-refractivity contribution >= 4 is 11.8 Å². The van der Waals surface area contributed by atoms with Crippen LogP contribution in [0.5, 0.6) is 5.75 Å². The van der Waals surface area contributed by atoms with Crippen molar-refractivity contribution in [3.8, 4) is 5.75 Å². The zero-order valence-corrected chi connectivity index (χ0v) is 15.8. The molecule has 1 aromatic heterocycles. The zero-order valence-electron chi connectivity index (χ0n) is 13.4. The summed E-state index contributed by atoms with van der Waals surface area (Å²) in [7, 11) is 1.67. The molecular formula is C20H19IrN2O-. The summed E-state index contributed by atoms with van der Waals surface area (Å²) in [5.41, 5.74) is 2.91. The maximum Gasteiger partial charge on any atom is 0.124 e. The standard InChI is InChI=1S/C12H10N.C8H9NO.Ir/c1-2-4-8-11(7-3-1)12-9-5-6-10-13-12;1-9-6-7-4-2-3-5-8(7)10;/h1-6,9-10H,7H2;2-6,10H,1H3;/q-1;;. The molecule has 1 radical (unpaired) electrons. The second-order valence-electron chi connectivity index (χ2n) is 4.78. The third kappa shape index (κ3) is 6.45. The SMILES string of the molecule is CN=Cc1ccccc1O.[C-]1=C(c2ccccn2)CC=CC=C1.[Ir]. The van der Waals surface area contributed by atoms with Gasteiger partial charge in [0.25, 0.3) is 0 Å². The summed E-state index contributed by atoms with van der Waals surface area (Å²) in [5, 5.41) is 9.15. The molecule has 0 unspecified atom stereocenters. The quantitative estimate of drug-likeness (QED) is 0.501. The largest absolute Gasteiger partial charge is 0.507 e. The van der Waals surface area contributed by atoms with Crippen LogP contribution < -0.4 is 0 Å². The number of hydrogen-bond acceptors (Lipinski definition) is 3. The van der Waals surface area contributed by atoms with E-state index in [1.807, 2.05) is 54.8 Å². The molecule has 3 nitrogen and oxygen atoms in total. The number of aromatic hydroxyl groups is 1. The topological polar surface area (TPSA) is 45.5 Å². The fourth-order valence-corrected chi connectivity index (χ4v) is 1.98. The molecule has 2 aromatic rings. The Morgan fingerprint density at radius 2 is 1.92 bits per heavy atom. The Morgan fingerprint density at radius 3 is 2.62 bits per heavy atom. The van der Waals surface area contributed by atoms with Gasteiger partial charge in [-0.25, -0.2) is 0 Å². The van der Waals surface area contributed by atoms with Gasteiger partial charge in [0.05, 0.1) is 0 Å². The summed E-state index contributed by atoms with van der Waals surface area (Å²) in [6.45, 7) is 0. The van der Waals surface area contributed by atoms with Crippen LogP contribution in [-0.4, -0.2) is 23.4 Å². The summed E-state index contributed by atoms with van der Waals surface area (Å²) in [6.07, 6.45) is 15.6. The number of hydrogen-bond donors (Lipinski definition) is 1. The van der Waals surface area contributed by atoms with Crippen molar-refractivity contribution < 1.29 is 25.2 Å². The van der Waals surface area contributed by atoms with Crippen LogP contribution >= 0.6 is 0 Å². The van der Waals surface area contributed by atoms with Gasteiger partial charge in [0.15, 0.2) is 0 Å². The predicted molar refractivity (Wildman–Crippen MR) is 95.4 cm³/mol. The summed E-state index contributed by atoms with van der Waals surface area (Å²) >= 11 is 0. The molecule has 0 saturated heterocycles. The predicted octanol–water partition coefficient (Wildman–Crippen LogP) is 4.22. The van der Waals surface area contributed by atoms with Crippen molar-refractivity contribution in [3.63, 3.8) is 0 Å². The number of benzene rings is 1. The summed E-state index contributed by atoms with van der Waals surface area (Å²) in [6, 6.07) is 13.0. The van der Waals surface area contributed by atoms with Gasteiger partial charge in [-0.05, 0) is 30.3 Å². The molecule has 3 rings (SSSR count). The molecule has 1 N–H and O–H groups in total. The molecular weight excluding hydrogens is 476 g/mol. The molecule has 4 heteroatoms. The second kappa shape index (κ2) is 11.3. The van der Waals surface area contributed by atoms with Crippen LogP contribution in [0, 0.1) is 6.08 Å². The van der Waals surface area contributed by atoms with E-state index in [-0.39, 0.29) is 25.9 Å². The fraction of sp³-hybridized carbons (Fsp3) is 0.100. The van der Waals surface area contributed by atoms with Crippen molar-refractivity contribution in [1.82, 2.24) is 4.98 Å². The van der Waals surface area contributed by atoms with Gasteiger partial charge in [-0.15, -0.1) is 11.6 Å². The number of para-hydroxylation sites is 1. The number of pyridine rings is 1. The minimum Gasteiger partial charge on any atom is -0.507 e. The Morgan fingerprint density at radius 1 is 1.12 bits per heavy atom. The first-order valence-electron chi connectivity index (χ1n) is 7.37. The number of allylic oxidation sites excluding steroid dienone is 6. The van der Waals surface area contributed by atoms with Crippen LogP contribution in [0.1, 0.15) is 17.7 Å². The molecule has 1 aliphatic rings. The number of nitrogens with zero attached hydrogens (tertiary/aromatic N) is 2. The zero-order chi connectivity index (χ0) is 16.3. The van der Waals surface area contributed by atoms with Crippen molar-refractivity contribution in [2.45, 2.75) is 6.42 Å². The molecule has 0 saturated carbocycles. The van der Waals surface area contributed by atoms with E-state index in [4.69, 9.17) is 5.11 Å². The number of aromatic nitrogens is 1. The fourth-order valence-electron chi connectivity index (χ4n) is 1.98. The van der Waals surface area contributed by atoms with Gasteiger partial charge in [-0.3, -0.25) is 4.99 Å². The average Bonchev–Trinajstić information content (AvgIpc) is 2.88. The Hall–Kier alpha value is -2.29. The molecule has 24 heavy (non-hydrogen) atoms. The van der Waals surface area contributed by atoms with Crippen molar-refractivity contribution in [2.24, 2.45) is 4.99 Å². The molecule has 0 fully saturated rings. The first kappa shape index (κ1) is 19.8. The molecule has 1 heterocycles. The molecule has 0 spiro atoms. The van der Waals surface area contributed by atoms with Crippen LogP contribution in [0.2, 0.25) is 0 Å². The van der Waals surface area contributed by atoms with Crippen LogP contribution in [0.15, 0.2) is 78.0 Å². The van der Waals surface area contributed by atoms with Crippen molar-refractivity contribution in [1.29, 1.82) is 0 Å². The van der Waals surface area contributed by atoms with Crippen LogP contribution in [-0.2, 0) is 20.1 Å². The summed E-state index contributed by atoms with van der Waals surface area (Å²) in [5.74, 6) is 0.271. The van der Waals surface area contributed by atoms with E-state index >= 15 is 0 Å². The van der Waals surface area contributed by atoms with Crippen LogP contribution in [0.25, 0.3) is 5.57 Å². The van der Waals surface area contributed by atoms with E-state index in [0.29, 0.717) is 0 Å². The molecule has 0 aliphatic heterocycles. The summed E-state index contributed by atoms with van der Waals surface area (Å²) < 4.78 is 0. The molecule has 125 valence electrons.